The van der Waals surface area contributed by atoms with Crippen LogP contribution in [0.25, 0.3) is 0 Å². The van der Waals surface area contributed by atoms with E-state index in [9.17, 15) is 9.18 Å². The molecule has 2 aromatic rings. The Balaban J connectivity index is 1.98. The number of oxime groups is 1. The van der Waals surface area contributed by atoms with E-state index in [4.69, 9.17) is 5.21 Å². The molecule has 0 fully saturated rings. The number of hydrogen-bond acceptors (Lipinski definition) is 3. The van der Waals surface area contributed by atoms with Crippen LogP contribution in [0.5, 0.6) is 0 Å². The van der Waals surface area contributed by atoms with Gasteiger partial charge in [0.15, 0.2) is 5.71 Å². The first kappa shape index (κ1) is 12.3. The molecule has 1 aliphatic heterocycles. The van der Waals surface area contributed by atoms with Crippen molar-refractivity contribution >= 4 is 17.3 Å². The third kappa shape index (κ3) is 1.93. The molecule has 4 nitrogen and oxygen atoms in total. The molecule has 0 atom stereocenters. The number of carbonyl (C=O) groups is 1. The number of amides is 1. The number of nitrogens with zero attached hydrogens (tertiary/aromatic N) is 2. The van der Waals surface area contributed by atoms with E-state index in [1.165, 1.54) is 17.0 Å². The van der Waals surface area contributed by atoms with Crippen LogP contribution in [0, 0.1) is 5.82 Å². The van der Waals surface area contributed by atoms with Gasteiger partial charge in [-0.15, -0.1) is 0 Å². The molecule has 0 spiro atoms. The quantitative estimate of drug-likeness (QED) is 0.673. The molecule has 1 N–H and O–H groups in total. The highest BCUT2D eigenvalue weighted by Crippen LogP contribution is 2.30. The van der Waals surface area contributed by atoms with E-state index in [1.54, 1.807) is 30.3 Å². The van der Waals surface area contributed by atoms with Gasteiger partial charge in [-0.2, -0.15) is 0 Å². The first-order valence-electron chi connectivity index (χ1n) is 6.08. The largest absolute Gasteiger partial charge is 0.410 e. The zero-order valence-corrected chi connectivity index (χ0v) is 10.5. The fraction of sp³-hybridized carbons (Fsp3) is 0.0667. The highest BCUT2D eigenvalue weighted by molar-refractivity contribution is 6.54. The van der Waals surface area contributed by atoms with Crippen LogP contribution in [0.15, 0.2) is 53.7 Å². The molecule has 100 valence electrons. The predicted molar refractivity (Wildman–Crippen MR) is 72.4 cm³/mol. The van der Waals surface area contributed by atoms with Gasteiger partial charge in [0.05, 0.1) is 12.2 Å². The number of fused-ring (bicyclic) bond motifs is 1. The third-order valence-electron chi connectivity index (χ3n) is 3.25. The Morgan fingerprint density at radius 2 is 1.80 bits per heavy atom. The second-order valence-electron chi connectivity index (χ2n) is 4.48. The van der Waals surface area contributed by atoms with Gasteiger partial charge in [0, 0.05) is 5.56 Å². The second-order valence-corrected chi connectivity index (χ2v) is 4.48. The maximum Gasteiger partial charge on any atom is 0.281 e. The molecule has 0 saturated heterocycles. The Labute approximate surface area is 114 Å². The summed E-state index contributed by atoms with van der Waals surface area (Å²) >= 11 is 0. The van der Waals surface area contributed by atoms with Gasteiger partial charge in [0.25, 0.3) is 5.91 Å². The van der Waals surface area contributed by atoms with Crippen LogP contribution in [0.2, 0.25) is 0 Å². The molecular formula is C15H11FN2O2. The number of anilines is 1. The Kier molecular flexibility index (Phi) is 2.95. The molecule has 1 heterocycles. The summed E-state index contributed by atoms with van der Waals surface area (Å²) in [7, 11) is 0. The van der Waals surface area contributed by atoms with Gasteiger partial charge in [0.2, 0.25) is 0 Å². The van der Waals surface area contributed by atoms with Crippen LogP contribution < -0.4 is 4.90 Å². The molecule has 0 saturated carbocycles. The Hall–Kier alpha value is -2.69. The van der Waals surface area contributed by atoms with Gasteiger partial charge in [0.1, 0.15) is 5.82 Å². The van der Waals surface area contributed by atoms with E-state index in [-0.39, 0.29) is 17.4 Å². The lowest BCUT2D eigenvalue weighted by Crippen LogP contribution is -2.29. The van der Waals surface area contributed by atoms with E-state index in [0.717, 1.165) is 5.56 Å². The summed E-state index contributed by atoms with van der Waals surface area (Å²) in [6.07, 6.45) is 0. The maximum absolute atomic E-state index is 12.9. The number of carbonyl (C=O) groups excluding carboxylic acids is 1. The molecule has 20 heavy (non-hydrogen) atoms. The van der Waals surface area contributed by atoms with Crippen LogP contribution in [-0.4, -0.2) is 16.8 Å². The second kappa shape index (κ2) is 4.77. The summed E-state index contributed by atoms with van der Waals surface area (Å²) in [6.45, 7) is 0.301. The monoisotopic (exact) mass is 270 g/mol. The molecule has 5 heteroatoms. The Morgan fingerprint density at radius 1 is 1.10 bits per heavy atom. The number of halogens is 1. The van der Waals surface area contributed by atoms with Gasteiger partial charge >= 0.3 is 0 Å². The zero-order chi connectivity index (χ0) is 14.1. The summed E-state index contributed by atoms with van der Waals surface area (Å²) in [6, 6.07) is 13.1. The van der Waals surface area contributed by atoms with E-state index in [1.807, 2.05) is 6.07 Å². The molecule has 0 bridgehead atoms. The molecule has 0 radical (unpaired) electrons. The molecule has 0 unspecified atom stereocenters. The highest BCUT2D eigenvalue weighted by Gasteiger charge is 2.34. The van der Waals surface area contributed by atoms with Gasteiger partial charge in [-0.25, -0.2) is 4.39 Å². The molecule has 0 aliphatic carbocycles. The lowest BCUT2D eigenvalue weighted by Gasteiger charge is -2.16. The van der Waals surface area contributed by atoms with Gasteiger partial charge in [-0.05, 0) is 23.8 Å². The van der Waals surface area contributed by atoms with Crippen molar-refractivity contribution in [2.24, 2.45) is 5.16 Å². The standard InChI is InChI=1S/C15H11FN2O2/c16-11-7-5-10(6-8-11)9-18-13-4-2-1-3-12(13)14(17-20)15(18)19/h1-8,20H,9H2/b17-14-. The number of benzene rings is 2. The van der Waals surface area contributed by atoms with E-state index in [2.05, 4.69) is 5.16 Å². The Bertz CT molecular complexity index is 695. The summed E-state index contributed by atoms with van der Waals surface area (Å²) in [4.78, 5) is 13.7. The minimum Gasteiger partial charge on any atom is -0.410 e. The van der Waals surface area contributed by atoms with E-state index < -0.39 is 0 Å². The zero-order valence-electron chi connectivity index (χ0n) is 10.5. The predicted octanol–water partition coefficient (Wildman–Crippen LogP) is 2.55. The number of rotatable bonds is 2. The molecular weight excluding hydrogens is 259 g/mol. The van der Waals surface area contributed by atoms with Crippen molar-refractivity contribution in [3.8, 4) is 0 Å². The van der Waals surface area contributed by atoms with Crippen molar-refractivity contribution in [3.05, 3.63) is 65.5 Å². The maximum atomic E-state index is 12.9. The van der Waals surface area contributed by atoms with Gasteiger partial charge < -0.3 is 10.1 Å². The van der Waals surface area contributed by atoms with Crippen LogP contribution in [0.1, 0.15) is 11.1 Å². The van der Waals surface area contributed by atoms with E-state index in [0.29, 0.717) is 17.8 Å². The smallest absolute Gasteiger partial charge is 0.281 e. The molecule has 2 aromatic carbocycles. The lowest BCUT2D eigenvalue weighted by molar-refractivity contribution is -0.112. The number of para-hydroxylation sites is 1. The SMILES string of the molecule is O=C1/C(=N\O)c2ccccc2N1Cc1ccc(F)cc1. The average Bonchev–Trinajstić information content (AvgIpc) is 2.74. The molecule has 0 aromatic heterocycles. The van der Waals surface area contributed by atoms with Crippen molar-refractivity contribution in [1.29, 1.82) is 0 Å². The first-order valence-corrected chi connectivity index (χ1v) is 6.08. The minimum absolute atomic E-state index is 0.0303. The summed E-state index contributed by atoms with van der Waals surface area (Å²) < 4.78 is 12.9. The molecule has 1 amide bonds. The average molecular weight is 270 g/mol. The van der Waals surface area contributed by atoms with Crippen LogP contribution >= 0.6 is 0 Å². The lowest BCUT2D eigenvalue weighted by atomic mass is 10.1. The van der Waals surface area contributed by atoms with E-state index >= 15 is 0 Å². The fourth-order valence-corrected chi connectivity index (χ4v) is 2.29. The molecule has 1 aliphatic rings. The van der Waals surface area contributed by atoms with Gasteiger partial charge in [-0.3, -0.25) is 4.79 Å². The topological polar surface area (TPSA) is 52.9 Å². The van der Waals surface area contributed by atoms with Crippen LogP contribution in [0.3, 0.4) is 0 Å². The normalized spacial score (nSPS) is 15.8. The van der Waals surface area contributed by atoms with Crippen LogP contribution in [-0.2, 0) is 11.3 Å². The molecule has 3 rings (SSSR count). The van der Waals surface area contributed by atoms with Crippen molar-refractivity contribution < 1.29 is 14.4 Å². The summed E-state index contributed by atoms with van der Waals surface area (Å²) in [5.41, 5.74) is 2.12. The summed E-state index contributed by atoms with van der Waals surface area (Å²) in [5.74, 6) is -0.683. The van der Waals surface area contributed by atoms with Crippen molar-refractivity contribution in [3.63, 3.8) is 0 Å². The highest BCUT2D eigenvalue weighted by atomic mass is 19.1. The van der Waals surface area contributed by atoms with Crippen molar-refractivity contribution in [2.45, 2.75) is 6.54 Å². The van der Waals surface area contributed by atoms with Crippen molar-refractivity contribution in [2.75, 3.05) is 4.90 Å². The third-order valence-corrected chi connectivity index (χ3v) is 3.25. The number of hydrogen-bond donors (Lipinski definition) is 1. The Morgan fingerprint density at radius 3 is 2.50 bits per heavy atom. The summed E-state index contributed by atoms with van der Waals surface area (Å²) in [5, 5.41) is 12.1. The minimum atomic E-state index is -0.363. The van der Waals surface area contributed by atoms with Gasteiger partial charge in [-0.1, -0.05) is 35.5 Å². The van der Waals surface area contributed by atoms with Crippen molar-refractivity contribution in [1.82, 2.24) is 0 Å². The fourth-order valence-electron chi connectivity index (χ4n) is 2.29. The van der Waals surface area contributed by atoms with Crippen LogP contribution in [0.4, 0.5) is 10.1 Å². The first-order chi connectivity index (χ1) is 9.70.